The van der Waals surface area contributed by atoms with Gasteiger partial charge in [-0.1, -0.05) is 20.8 Å². The van der Waals surface area contributed by atoms with E-state index in [1.165, 1.54) is 0 Å². The number of nitrogens with zero attached hydrogens (tertiary/aromatic N) is 1. The van der Waals surface area contributed by atoms with Crippen LogP contribution in [0.15, 0.2) is 0 Å². The van der Waals surface area contributed by atoms with E-state index in [-0.39, 0.29) is 6.10 Å². The van der Waals surface area contributed by atoms with Crippen LogP contribution in [0, 0.1) is 5.41 Å². The predicted octanol–water partition coefficient (Wildman–Crippen LogP) is 1.74. The van der Waals surface area contributed by atoms with Crippen LogP contribution in [-0.2, 0) is 0 Å². The van der Waals surface area contributed by atoms with Gasteiger partial charge in [-0.05, 0) is 32.4 Å². The fraction of sp³-hybridized carbons (Fsp3) is 1.00. The summed E-state index contributed by atoms with van der Waals surface area (Å²) in [5.41, 5.74) is 0.341. The van der Waals surface area contributed by atoms with Gasteiger partial charge in [0.05, 0.1) is 6.10 Å². The first-order chi connectivity index (χ1) is 5.31. The van der Waals surface area contributed by atoms with Crippen LogP contribution in [-0.4, -0.2) is 36.8 Å². The van der Waals surface area contributed by atoms with Gasteiger partial charge in [-0.3, -0.25) is 0 Å². The van der Waals surface area contributed by atoms with Crippen LogP contribution in [0.2, 0.25) is 0 Å². The van der Waals surface area contributed by atoms with Crippen LogP contribution in [0.5, 0.6) is 0 Å². The Kier molecular flexibility index (Phi) is 4.80. The standard InChI is InChI=1S/C10H23NO/c1-10(2,3)7-6-9(12)8-11(4)5/h9,12H,6-8H2,1-5H3. The Labute approximate surface area is 76.6 Å². The molecule has 12 heavy (non-hydrogen) atoms. The minimum atomic E-state index is -0.167. The van der Waals surface area contributed by atoms with Gasteiger partial charge in [0.1, 0.15) is 0 Å². The molecule has 0 aliphatic rings. The van der Waals surface area contributed by atoms with Crippen LogP contribution in [0.25, 0.3) is 0 Å². The lowest BCUT2D eigenvalue weighted by Gasteiger charge is -2.21. The molecule has 0 bridgehead atoms. The summed E-state index contributed by atoms with van der Waals surface area (Å²) >= 11 is 0. The van der Waals surface area contributed by atoms with Crippen LogP contribution in [0.4, 0.5) is 0 Å². The number of aliphatic hydroxyl groups excluding tert-OH is 1. The number of aliphatic hydroxyl groups is 1. The normalized spacial score (nSPS) is 15.2. The van der Waals surface area contributed by atoms with Gasteiger partial charge >= 0.3 is 0 Å². The molecule has 1 N–H and O–H groups in total. The highest BCUT2D eigenvalue weighted by Gasteiger charge is 2.13. The van der Waals surface area contributed by atoms with Crippen molar-refractivity contribution in [3.05, 3.63) is 0 Å². The van der Waals surface area contributed by atoms with E-state index in [9.17, 15) is 5.11 Å². The summed E-state index contributed by atoms with van der Waals surface area (Å²) in [6.45, 7) is 7.39. The van der Waals surface area contributed by atoms with E-state index in [2.05, 4.69) is 20.8 Å². The van der Waals surface area contributed by atoms with Crippen molar-refractivity contribution in [2.24, 2.45) is 5.41 Å². The van der Waals surface area contributed by atoms with E-state index in [4.69, 9.17) is 0 Å². The van der Waals surface area contributed by atoms with Gasteiger partial charge in [0.15, 0.2) is 0 Å². The number of hydrogen-bond donors (Lipinski definition) is 1. The predicted molar refractivity (Wildman–Crippen MR) is 53.2 cm³/mol. The Hall–Kier alpha value is -0.0800. The molecule has 74 valence electrons. The molecule has 0 amide bonds. The molecule has 0 aromatic carbocycles. The molecule has 0 saturated carbocycles. The van der Waals surface area contributed by atoms with E-state index < -0.39 is 0 Å². The van der Waals surface area contributed by atoms with Gasteiger partial charge in [0, 0.05) is 6.54 Å². The largest absolute Gasteiger partial charge is 0.392 e. The Morgan fingerprint density at radius 2 is 1.75 bits per heavy atom. The monoisotopic (exact) mass is 173 g/mol. The highest BCUT2D eigenvalue weighted by molar-refractivity contribution is 4.66. The first-order valence-corrected chi connectivity index (χ1v) is 4.64. The molecule has 0 aliphatic carbocycles. The molecule has 1 unspecified atom stereocenters. The number of rotatable bonds is 4. The third kappa shape index (κ3) is 8.02. The van der Waals surface area contributed by atoms with Crippen LogP contribution < -0.4 is 0 Å². The lowest BCUT2D eigenvalue weighted by atomic mass is 9.89. The third-order valence-electron chi connectivity index (χ3n) is 1.80. The smallest absolute Gasteiger partial charge is 0.0667 e. The topological polar surface area (TPSA) is 23.5 Å². The summed E-state index contributed by atoms with van der Waals surface area (Å²) in [6, 6.07) is 0. The van der Waals surface area contributed by atoms with E-state index in [0.29, 0.717) is 5.41 Å². The molecule has 0 spiro atoms. The fourth-order valence-electron chi connectivity index (χ4n) is 1.11. The lowest BCUT2D eigenvalue weighted by molar-refractivity contribution is 0.114. The zero-order valence-electron chi connectivity index (χ0n) is 9.09. The summed E-state index contributed by atoms with van der Waals surface area (Å²) in [4.78, 5) is 2.02. The quantitative estimate of drug-likeness (QED) is 0.700. The maximum absolute atomic E-state index is 9.54. The molecule has 2 heteroatoms. The molecular weight excluding hydrogens is 150 g/mol. The minimum absolute atomic E-state index is 0.167. The Morgan fingerprint density at radius 1 is 1.25 bits per heavy atom. The first-order valence-electron chi connectivity index (χ1n) is 4.64. The van der Waals surface area contributed by atoms with Gasteiger partial charge in [-0.2, -0.15) is 0 Å². The van der Waals surface area contributed by atoms with E-state index in [1.54, 1.807) is 0 Å². The fourth-order valence-corrected chi connectivity index (χ4v) is 1.11. The average Bonchev–Trinajstić information content (AvgIpc) is 1.80. The van der Waals surface area contributed by atoms with Gasteiger partial charge in [-0.15, -0.1) is 0 Å². The van der Waals surface area contributed by atoms with Crippen molar-refractivity contribution < 1.29 is 5.11 Å². The van der Waals surface area contributed by atoms with Crippen molar-refractivity contribution in [3.63, 3.8) is 0 Å². The first kappa shape index (κ1) is 11.9. The van der Waals surface area contributed by atoms with Crippen molar-refractivity contribution in [2.75, 3.05) is 20.6 Å². The van der Waals surface area contributed by atoms with Crippen molar-refractivity contribution in [1.29, 1.82) is 0 Å². The lowest BCUT2D eigenvalue weighted by Crippen LogP contribution is -2.26. The maximum Gasteiger partial charge on any atom is 0.0667 e. The summed E-state index contributed by atoms with van der Waals surface area (Å²) in [6.07, 6.45) is 1.82. The Morgan fingerprint density at radius 3 is 2.08 bits per heavy atom. The van der Waals surface area contributed by atoms with Crippen molar-refractivity contribution in [2.45, 2.75) is 39.7 Å². The Balaban J connectivity index is 3.51. The van der Waals surface area contributed by atoms with Gasteiger partial charge in [-0.25, -0.2) is 0 Å². The highest BCUT2D eigenvalue weighted by atomic mass is 16.3. The van der Waals surface area contributed by atoms with Crippen molar-refractivity contribution >= 4 is 0 Å². The summed E-state index contributed by atoms with van der Waals surface area (Å²) in [7, 11) is 3.97. The zero-order valence-corrected chi connectivity index (χ0v) is 9.09. The van der Waals surface area contributed by atoms with E-state index in [0.717, 1.165) is 19.4 Å². The van der Waals surface area contributed by atoms with E-state index >= 15 is 0 Å². The molecule has 2 nitrogen and oxygen atoms in total. The SMILES string of the molecule is CN(C)CC(O)CCC(C)(C)C. The van der Waals surface area contributed by atoms with E-state index in [1.807, 2.05) is 19.0 Å². The molecule has 0 rings (SSSR count). The molecule has 0 radical (unpaired) electrons. The summed E-state index contributed by atoms with van der Waals surface area (Å²) in [5.74, 6) is 0. The van der Waals surface area contributed by atoms with Crippen LogP contribution >= 0.6 is 0 Å². The highest BCUT2D eigenvalue weighted by Crippen LogP contribution is 2.21. The second-order valence-electron chi connectivity index (χ2n) is 5.02. The molecule has 0 aliphatic heterocycles. The second-order valence-corrected chi connectivity index (χ2v) is 5.02. The van der Waals surface area contributed by atoms with Crippen molar-refractivity contribution in [3.8, 4) is 0 Å². The molecule has 0 aromatic heterocycles. The summed E-state index contributed by atoms with van der Waals surface area (Å²) in [5, 5.41) is 9.54. The molecular formula is C10H23NO. The second kappa shape index (κ2) is 4.83. The number of hydrogen-bond acceptors (Lipinski definition) is 2. The number of likely N-dealkylation sites (N-methyl/N-ethyl adjacent to an activating group) is 1. The third-order valence-corrected chi connectivity index (χ3v) is 1.80. The van der Waals surface area contributed by atoms with Crippen molar-refractivity contribution in [1.82, 2.24) is 4.90 Å². The molecule has 0 fully saturated rings. The van der Waals surface area contributed by atoms with Crippen LogP contribution in [0.3, 0.4) is 0 Å². The summed E-state index contributed by atoms with van der Waals surface area (Å²) < 4.78 is 0. The van der Waals surface area contributed by atoms with Crippen LogP contribution in [0.1, 0.15) is 33.6 Å². The molecule has 0 heterocycles. The van der Waals surface area contributed by atoms with Gasteiger partial charge in [0.2, 0.25) is 0 Å². The minimum Gasteiger partial charge on any atom is -0.392 e. The average molecular weight is 173 g/mol. The maximum atomic E-state index is 9.54. The molecule has 1 atom stereocenters. The molecule has 0 aromatic rings. The van der Waals surface area contributed by atoms with Gasteiger partial charge < -0.3 is 10.0 Å². The molecule has 0 saturated heterocycles. The Bertz CT molecular complexity index is 115. The van der Waals surface area contributed by atoms with Gasteiger partial charge in [0.25, 0.3) is 0 Å². The zero-order chi connectivity index (χ0) is 9.78.